The fraction of sp³-hybridized carbons (Fsp3) is 0.333. The molecule has 0 heteroatoms. The maximum absolute atomic E-state index is 3.08. The Kier molecular flexibility index (Phi) is 3.86. The summed E-state index contributed by atoms with van der Waals surface area (Å²) in [5.41, 5.74) is 5.44. The molecule has 0 bridgehead atoms. The summed E-state index contributed by atoms with van der Waals surface area (Å²) in [5.74, 6) is 1.13. The predicted molar refractivity (Wildman–Crippen MR) is 78.9 cm³/mol. The van der Waals surface area contributed by atoms with Gasteiger partial charge >= 0.3 is 0 Å². The van der Waals surface area contributed by atoms with Crippen LogP contribution >= 0.6 is 0 Å². The monoisotopic (exact) mass is 237 g/mol. The lowest BCUT2D eigenvalue weighted by molar-refractivity contribution is 0.834. The highest BCUT2D eigenvalue weighted by Crippen LogP contribution is 2.28. The van der Waals surface area contributed by atoms with Crippen molar-refractivity contribution in [3.63, 3.8) is 0 Å². The minimum absolute atomic E-state index is 0.567. The van der Waals surface area contributed by atoms with Crippen molar-refractivity contribution in [2.75, 3.05) is 0 Å². The Morgan fingerprint density at radius 3 is 1.67 bits per heavy atom. The maximum Gasteiger partial charge on any atom is -0.0178 e. The number of hydrogen-bond donors (Lipinski definition) is 0. The van der Waals surface area contributed by atoms with Crippen molar-refractivity contribution in [1.29, 1.82) is 0 Å². The molecule has 0 heterocycles. The summed E-state index contributed by atoms with van der Waals surface area (Å²) in [6.07, 6.45) is 0. The van der Waals surface area contributed by atoms with E-state index < -0.39 is 0 Å². The van der Waals surface area contributed by atoms with Gasteiger partial charge in [-0.15, -0.1) is 0 Å². The zero-order chi connectivity index (χ0) is 13.1. The van der Waals surface area contributed by atoms with E-state index in [1.165, 1.54) is 22.3 Å². The van der Waals surface area contributed by atoms with Gasteiger partial charge in [0.25, 0.3) is 0 Å². The Bertz CT molecular complexity index is 481. The number of hydrogen-bond acceptors (Lipinski definition) is 0. The lowest BCUT2D eigenvalue weighted by atomic mass is 9.91. The van der Waals surface area contributed by atoms with Crippen LogP contribution in [0.25, 0.3) is 11.1 Å². The molecule has 0 unspecified atom stereocenters. The lowest BCUT2D eigenvalue weighted by Gasteiger charge is -2.14. The van der Waals surface area contributed by atoms with E-state index >= 15 is 0 Å². The van der Waals surface area contributed by atoms with Gasteiger partial charge in [-0.3, -0.25) is 0 Å². The summed E-state index contributed by atoms with van der Waals surface area (Å²) in [4.78, 5) is 0. The van der Waals surface area contributed by atoms with Crippen LogP contribution in [0.5, 0.6) is 0 Å². The molecule has 2 aromatic carbocycles. The Morgan fingerprint density at radius 2 is 1.22 bits per heavy atom. The van der Waals surface area contributed by atoms with Gasteiger partial charge in [0, 0.05) is 0 Å². The first-order valence-electron chi connectivity index (χ1n) is 6.69. The highest BCUT2D eigenvalue weighted by atomic mass is 14.1. The van der Waals surface area contributed by atoms with E-state index in [1.54, 1.807) is 0 Å². The first-order chi connectivity index (χ1) is 8.58. The van der Waals surface area contributed by atoms with Gasteiger partial charge in [-0.1, -0.05) is 70.2 Å². The molecule has 0 aliphatic heterocycles. The topological polar surface area (TPSA) is 0 Å². The zero-order valence-corrected chi connectivity index (χ0v) is 11.7. The average Bonchev–Trinajstić information content (AvgIpc) is 2.39. The molecule has 0 aliphatic carbocycles. The van der Waals surface area contributed by atoms with Crippen LogP contribution in [0.4, 0.5) is 0 Å². The molecule has 0 N–H and O–H groups in total. The molecule has 0 aromatic heterocycles. The van der Waals surface area contributed by atoms with Crippen LogP contribution in [0.2, 0.25) is 0 Å². The highest BCUT2D eigenvalue weighted by Gasteiger charge is 2.08. The van der Waals surface area contributed by atoms with Crippen molar-refractivity contribution in [3.8, 4) is 11.1 Å². The Hall–Kier alpha value is -1.56. The van der Waals surface area contributed by atoms with E-state index in [9.17, 15) is 0 Å². The van der Waals surface area contributed by atoms with Gasteiger partial charge in [-0.2, -0.15) is 0 Å². The van der Waals surface area contributed by atoms with Gasteiger partial charge < -0.3 is 0 Å². The van der Waals surface area contributed by atoms with Crippen LogP contribution in [-0.4, -0.2) is 0 Å². The zero-order valence-electron chi connectivity index (χ0n) is 11.7. The minimum Gasteiger partial charge on any atom is -0.0587 e. The molecule has 0 fully saturated rings. The maximum atomic E-state index is 3.08. The predicted octanol–water partition coefficient (Wildman–Crippen LogP) is 5.40. The molecule has 2 aromatic rings. The Morgan fingerprint density at radius 1 is 0.722 bits per heavy atom. The van der Waals surface area contributed by atoms with Gasteiger partial charge in [-0.05, 0) is 40.2 Å². The van der Waals surface area contributed by atoms with E-state index in [0.717, 1.165) is 0 Å². The molecule has 0 saturated heterocycles. The van der Waals surface area contributed by atoms with Gasteiger partial charge in [0.2, 0.25) is 0 Å². The summed E-state index contributed by atoms with van der Waals surface area (Å²) in [5, 5.41) is 0. The van der Waals surface area contributed by atoms with E-state index in [0.29, 0.717) is 11.8 Å². The summed E-state index contributed by atoms with van der Waals surface area (Å²) in [6.45, 7) is 9.01. The molecule has 93 valence electrons. The standard InChI is InChI=1S/C18H21/c1-13(2)16-10-17(14(3)4)12-18(11-16)15-8-6-5-7-9-15/h6-14H,1-4H3. The van der Waals surface area contributed by atoms with E-state index in [2.05, 4.69) is 64.1 Å². The van der Waals surface area contributed by atoms with Crippen LogP contribution in [0.15, 0.2) is 42.5 Å². The second-order valence-electron chi connectivity index (χ2n) is 5.49. The fourth-order valence-electron chi connectivity index (χ4n) is 2.09. The second-order valence-corrected chi connectivity index (χ2v) is 5.49. The first-order valence-corrected chi connectivity index (χ1v) is 6.69. The Labute approximate surface area is 111 Å². The van der Waals surface area contributed by atoms with E-state index in [4.69, 9.17) is 0 Å². The lowest BCUT2D eigenvalue weighted by Crippen LogP contribution is -1.94. The fourth-order valence-corrected chi connectivity index (χ4v) is 2.09. The van der Waals surface area contributed by atoms with E-state index in [-0.39, 0.29) is 0 Å². The number of rotatable bonds is 3. The molecule has 1 radical (unpaired) electrons. The summed E-state index contributed by atoms with van der Waals surface area (Å²) < 4.78 is 0. The normalized spacial score (nSPS) is 11.2. The SMILES string of the molecule is CC(C)c1cc(-c2cc[c]cc2)cc(C(C)C)c1. The molecule has 18 heavy (non-hydrogen) atoms. The van der Waals surface area contributed by atoms with Crippen LogP contribution in [0.3, 0.4) is 0 Å². The van der Waals surface area contributed by atoms with Crippen molar-refractivity contribution in [2.45, 2.75) is 39.5 Å². The van der Waals surface area contributed by atoms with Crippen LogP contribution in [0, 0.1) is 6.07 Å². The van der Waals surface area contributed by atoms with Crippen molar-refractivity contribution >= 4 is 0 Å². The second kappa shape index (κ2) is 5.39. The molecule has 0 aliphatic rings. The Balaban J connectivity index is 2.54. The van der Waals surface area contributed by atoms with Crippen molar-refractivity contribution in [3.05, 3.63) is 59.7 Å². The van der Waals surface area contributed by atoms with Gasteiger partial charge in [0.1, 0.15) is 0 Å². The molecule has 0 nitrogen and oxygen atoms in total. The van der Waals surface area contributed by atoms with Gasteiger partial charge in [0.15, 0.2) is 0 Å². The van der Waals surface area contributed by atoms with Crippen LogP contribution in [-0.2, 0) is 0 Å². The molecule has 0 spiro atoms. The van der Waals surface area contributed by atoms with Crippen LogP contribution in [0.1, 0.15) is 50.7 Å². The molecule has 0 atom stereocenters. The largest absolute Gasteiger partial charge is 0.0587 e. The average molecular weight is 237 g/mol. The van der Waals surface area contributed by atoms with E-state index in [1.807, 2.05) is 12.1 Å². The smallest absolute Gasteiger partial charge is 0.0178 e. The van der Waals surface area contributed by atoms with Crippen LogP contribution < -0.4 is 0 Å². The number of benzene rings is 2. The van der Waals surface area contributed by atoms with Crippen molar-refractivity contribution in [2.24, 2.45) is 0 Å². The third kappa shape index (κ3) is 2.81. The van der Waals surface area contributed by atoms with Gasteiger partial charge in [-0.25, -0.2) is 0 Å². The van der Waals surface area contributed by atoms with Crippen molar-refractivity contribution in [1.82, 2.24) is 0 Å². The molecule has 0 saturated carbocycles. The summed E-state index contributed by atoms with van der Waals surface area (Å²) >= 11 is 0. The third-order valence-corrected chi connectivity index (χ3v) is 3.36. The van der Waals surface area contributed by atoms with Gasteiger partial charge in [0.05, 0.1) is 0 Å². The molecule has 2 rings (SSSR count). The highest BCUT2D eigenvalue weighted by molar-refractivity contribution is 5.65. The minimum atomic E-state index is 0.567. The first kappa shape index (κ1) is 12.9. The molecular formula is C18H21. The molecule has 0 amide bonds. The quantitative estimate of drug-likeness (QED) is 0.670. The summed E-state index contributed by atoms with van der Waals surface area (Å²) in [6, 6.07) is 18.3. The molecular weight excluding hydrogens is 216 g/mol. The van der Waals surface area contributed by atoms with Crippen molar-refractivity contribution < 1.29 is 0 Å². The third-order valence-electron chi connectivity index (χ3n) is 3.36. The summed E-state index contributed by atoms with van der Waals surface area (Å²) in [7, 11) is 0.